The lowest BCUT2D eigenvalue weighted by Gasteiger charge is -2.12. The van der Waals surface area contributed by atoms with Crippen molar-refractivity contribution in [2.75, 3.05) is 6.54 Å². The minimum Gasteiger partial charge on any atom is -0.354 e. The summed E-state index contributed by atoms with van der Waals surface area (Å²) in [5, 5.41) is 12.1. The highest BCUT2D eigenvalue weighted by atomic mass is 79.9. The molecule has 0 radical (unpaired) electrons. The van der Waals surface area contributed by atoms with Crippen molar-refractivity contribution in [2.24, 2.45) is 0 Å². The molecule has 0 saturated heterocycles. The standard InChI is InChI=1S/C13H16BrCl2N5O/c1-8-11(15)12(16)20(19-8)5-3-4-17-13(22)9(2)21-7-10(14)6-18-21/h6-7,9H,3-5H2,1-2H3,(H,17,22). The Kier molecular flexibility index (Phi) is 5.88. The van der Waals surface area contributed by atoms with Crippen LogP contribution in [0, 0.1) is 6.92 Å². The molecule has 0 saturated carbocycles. The predicted molar refractivity (Wildman–Crippen MR) is 89.2 cm³/mol. The molecule has 2 heterocycles. The highest BCUT2D eigenvalue weighted by Gasteiger charge is 2.15. The summed E-state index contributed by atoms with van der Waals surface area (Å²) >= 11 is 15.3. The van der Waals surface area contributed by atoms with Gasteiger partial charge in [0, 0.05) is 19.3 Å². The Morgan fingerprint density at radius 2 is 2.23 bits per heavy atom. The molecule has 0 fully saturated rings. The molecule has 0 spiro atoms. The smallest absolute Gasteiger partial charge is 0.244 e. The van der Waals surface area contributed by atoms with Crippen LogP contribution < -0.4 is 5.32 Å². The summed E-state index contributed by atoms with van der Waals surface area (Å²) in [5.41, 5.74) is 0.702. The molecule has 0 aliphatic heterocycles. The second kappa shape index (κ2) is 7.48. The molecule has 2 aromatic heterocycles. The molecule has 120 valence electrons. The van der Waals surface area contributed by atoms with Gasteiger partial charge in [-0.1, -0.05) is 23.2 Å². The maximum Gasteiger partial charge on any atom is 0.244 e. The Labute approximate surface area is 146 Å². The Hall–Kier alpha value is -1.05. The van der Waals surface area contributed by atoms with E-state index in [0.29, 0.717) is 35.4 Å². The topological polar surface area (TPSA) is 64.7 Å². The quantitative estimate of drug-likeness (QED) is 0.746. The molecule has 0 aromatic carbocycles. The van der Waals surface area contributed by atoms with E-state index in [9.17, 15) is 4.79 Å². The first-order valence-corrected chi connectivity index (χ1v) is 8.30. The maximum absolute atomic E-state index is 12.0. The van der Waals surface area contributed by atoms with Crippen LogP contribution in [0.15, 0.2) is 16.9 Å². The van der Waals surface area contributed by atoms with Crippen LogP contribution in [-0.2, 0) is 11.3 Å². The molecule has 1 amide bonds. The van der Waals surface area contributed by atoms with Crippen LogP contribution in [0.3, 0.4) is 0 Å². The number of nitrogens with zero attached hydrogens (tertiary/aromatic N) is 4. The summed E-state index contributed by atoms with van der Waals surface area (Å²) in [6.07, 6.45) is 4.12. The summed E-state index contributed by atoms with van der Waals surface area (Å²) in [7, 11) is 0. The third-order valence-corrected chi connectivity index (χ3v) is 4.53. The number of nitrogens with one attached hydrogen (secondary N) is 1. The highest BCUT2D eigenvalue weighted by Crippen LogP contribution is 2.24. The van der Waals surface area contributed by atoms with Crippen molar-refractivity contribution in [1.82, 2.24) is 24.9 Å². The van der Waals surface area contributed by atoms with Gasteiger partial charge in [-0.05, 0) is 36.2 Å². The molecule has 2 aromatic rings. The molecular formula is C13H16BrCl2N5O. The zero-order valence-electron chi connectivity index (χ0n) is 12.2. The molecule has 1 atom stereocenters. The Morgan fingerprint density at radius 1 is 1.50 bits per heavy atom. The molecule has 6 nitrogen and oxygen atoms in total. The number of hydrogen-bond acceptors (Lipinski definition) is 3. The summed E-state index contributed by atoms with van der Waals surface area (Å²) in [4.78, 5) is 12.0. The van der Waals surface area contributed by atoms with Gasteiger partial charge in [0.15, 0.2) is 0 Å². The van der Waals surface area contributed by atoms with Crippen LogP contribution in [0.1, 0.15) is 25.1 Å². The number of carbonyl (C=O) groups excluding carboxylic acids is 1. The Balaban J connectivity index is 1.78. The van der Waals surface area contributed by atoms with Gasteiger partial charge in [0.25, 0.3) is 0 Å². The summed E-state index contributed by atoms with van der Waals surface area (Å²) in [5.74, 6) is -0.0867. The lowest BCUT2D eigenvalue weighted by atomic mass is 10.3. The Bertz CT molecular complexity index is 669. The monoisotopic (exact) mass is 407 g/mol. The van der Waals surface area contributed by atoms with E-state index < -0.39 is 0 Å². The molecule has 22 heavy (non-hydrogen) atoms. The van der Waals surface area contributed by atoms with Crippen molar-refractivity contribution in [2.45, 2.75) is 32.9 Å². The summed E-state index contributed by atoms with van der Waals surface area (Å²) in [6.45, 7) is 4.71. The number of carbonyl (C=O) groups is 1. The van der Waals surface area contributed by atoms with Gasteiger partial charge in [0.05, 0.1) is 16.4 Å². The first-order valence-electron chi connectivity index (χ1n) is 6.76. The molecule has 2 rings (SSSR count). The molecule has 0 aliphatic carbocycles. The van der Waals surface area contributed by atoms with E-state index in [-0.39, 0.29) is 11.9 Å². The summed E-state index contributed by atoms with van der Waals surface area (Å²) in [6, 6.07) is -0.365. The molecule has 1 N–H and O–H groups in total. The van der Waals surface area contributed by atoms with Crippen molar-refractivity contribution < 1.29 is 4.79 Å². The van der Waals surface area contributed by atoms with Gasteiger partial charge < -0.3 is 5.32 Å². The lowest BCUT2D eigenvalue weighted by Crippen LogP contribution is -2.32. The van der Waals surface area contributed by atoms with Gasteiger partial charge in [-0.3, -0.25) is 14.2 Å². The fourth-order valence-corrected chi connectivity index (χ4v) is 2.61. The lowest BCUT2D eigenvalue weighted by molar-refractivity contribution is -0.124. The average Bonchev–Trinajstić information content (AvgIpc) is 3.02. The molecule has 9 heteroatoms. The number of halogens is 3. The van der Waals surface area contributed by atoms with Crippen LogP contribution in [0.25, 0.3) is 0 Å². The van der Waals surface area contributed by atoms with E-state index in [0.717, 1.165) is 4.47 Å². The summed E-state index contributed by atoms with van der Waals surface area (Å²) < 4.78 is 4.08. The van der Waals surface area contributed by atoms with E-state index in [2.05, 4.69) is 31.4 Å². The minimum atomic E-state index is -0.365. The van der Waals surface area contributed by atoms with Gasteiger partial charge in [-0.2, -0.15) is 10.2 Å². The number of aromatic nitrogens is 4. The number of hydrogen-bond donors (Lipinski definition) is 1. The van der Waals surface area contributed by atoms with Crippen molar-refractivity contribution in [3.63, 3.8) is 0 Å². The first kappa shape index (κ1) is 17.3. The number of aryl methyl sites for hydroxylation is 2. The number of rotatable bonds is 6. The van der Waals surface area contributed by atoms with E-state index in [1.54, 1.807) is 35.6 Å². The molecular weight excluding hydrogens is 393 g/mol. The van der Waals surface area contributed by atoms with E-state index >= 15 is 0 Å². The molecule has 0 bridgehead atoms. The fourth-order valence-electron chi connectivity index (χ4n) is 1.91. The Morgan fingerprint density at radius 3 is 2.77 bits per heavy atom. The minimum absolute atomic E-state index is 0.0867. The van der Waals surface area contributed by atoms with Gasteiger partial charge in [-0.15, -0.1) is 0 Å². The third kappa shape index (κ3) is 4.02. The van der Waals surface area contributed by atoms with Crippen LogP contribution in [0.2, 0.25) is 10.2 Å². The fraction of sp³-hybridized carbons (Fsp3) is 0.462. The van der Waals surface area contributed by atoms with Crippen LogP contribution >= 0.6 is 39.1 Å². The first-order chi connectivity index (χ1) is 10.4. The zero-order chi connectivity index (χ0) is 16.3. The van der Waals surface area contributed by atoms with Crippen molar-refractivity contribution >= 4 is 45.0 Å². The zero-order valence-corrected chi connectivity index (χ0v) is 15.3. The second-order valence-electron chi connectivity index (χ2n) is 4.87. The number of amides is 1. The van der Waals surface area contributed by atoms with Crippen LogP contribution in [-0.4, -0.2) is 32.0 Å². The van der Waals surface area contributed by atoms with Gasteiger partial charge in [-0.25, -0.2) is 0 Å². The van der Waals surface area contributed by atoms with Crippen molar-refractivity contribution in [1.29, 1.82) is 0 Å². The molecule has 0 aliphatic rings. The second-order valence-corrected chi connectivity index (χ2v) is 6.52. The third-order valence-electron chi connectivity index (χ3n) is 3.19. The highest BCUT2D eigenvalue weighted by molar-refractivity contribution is 9.10. The largest absolute Gasteiger partial charge is 0.354 e. The van der Waals surface area contributed by atoms with Gasteiger partial charge in [0.1, 0.15) is 16.2 Å². The van der Waals surface area contributed by atoms with Crippen molar-refractivity contribution in [3.8, 4) is 0 Å². The molecule has 1 unspecified atom stereocenters. The van der Waals surface area contributed by atoms with E-state index in [4.69, 9.17) is 23.2 Å². The van der Waals surface area contributed by atoms with Gasteiger partial charge >= 0.3 is 0 Å². The van der Waals surface area contributed by atoms with E-state index in [1.165, 1.54) is 0 Å². The van der Waals surface area contributed by atoms with E-state index in [1.807, 2.05) is 0 Å². The SMILES string of the molecule is Cc1nn(CCCNC(=O)C(C)n2cc(Br)cn2)c(Cl)c1Cl. The normalized spacial score (nSPS) is 12.4. The van der Waals surface area contributed by atoms with Gasteiger partial charge in [0.2, 0.25) is 5.91 Å². The van der Waals surface area contributed by atoms with Crippen LogP contribution in [0.4, 0.5) is 0 Å². The van der Waals surface area contributed by atoms with Crippen LogP contribution in [0.5, 0.6) is 0 Å². The predicted octanol–water partition coefficient (Wildman–Crippen LogP) is 3.22. The van der Waals surface area contributed by atoms with Crippen molar-refractivity contribution in [3.05, 3.63) is 32.7 Å². The average molecular weight is 409 g/mol. The maximum atomic E-state index is 12.0.